The minimum atomic E-state index is -6.14. The van der Waals surface area contributed by atoms with E-state index in [-0.39, 0.29) is 100 Å². The van der Waals surface area contributed by atoms with Crippen LogP contribution in [0.5, 0.6) is 11.5 Å². The second kappa shape index (κ2) is 21.0. The van der Waals surface area contributed by atoms with E-state index < -0.39 is 88.4 Å². The number of alkyl halides is 10. The summed E-state index contributed by atoms with van der Waals surface area (Å²) >= 11 is 0. The lowest BCUT2D eigenvalue weighted by atomic mass is 9.83. The number of hydrogen-bond acceptors (Lipinski definition) is 12. The second-order valence-electron chi connectivity index (χ2n) is 18.6. The molecule has 2 aromatic rings. The van der Waals surface area contributed by atoms with Crippen LogP contribution in [0.25, 0.3) is 0 Å². The van der Waals surface area contributed by atoms with Gasteiger partial charge in [-0.3, -0.25) is 9.59 Å². The molecule has 12 nitrogen and oxygen atoms in total. The first kappa shape index (κ1) is 55.1. The first-order valence-corrected chi connectivity index (χ1v) is 21.1. The molecule has 0 aliphatic carbocycles. The molecule has 0 atom stereocenters. The van der Waals surface area contributed by atoms with Crippen molar-refractivity contribution in [3.8, 4) is 11.5 Å². The van der Waals surface area contributed by atoms with E-state index in [4.69, 9.17) is 28.4 Å². The van der Waals surface area contributed by atoms with Gasteiger partial charge in [0.25, 0.3) is 0 Å². The molecule has 0 amide bonds. The Morgan fingerprint density at radius 1 is 0.552 bits per heavy atom. The molecule has 2 saturated heterocycles. The Morgan fingerprint density at radius 2 is 0.866 bits per heavy atom. The van der Waals surface area contributed by atoms with Crippen LogP contribution >= 0.6 is 0 Å². The Morgan fingerprint density at radius 3 is 1.15 bits per heavy atom. The smallest absolute Gasteiger partial charge is 0.465 e. The predicted octanol–water partition coefficient (Wildman–Crippen LogP) is 9.27. The average molecular weight is 977 g/mol. The van der Waals surface area contributed by atoms with Gasteiger partial charge in [-0.25, -0.2) is 9.59 Å². The molecule has 2 fully saturated rings. The van der Waals surface area contributed by atoms with Gasteiger partial charge >= 0.3 is 48.1 Å². The molecule has 0 N–H and O–H groups in total. The van der Waals surface area contributed by atoms with E-state index in [9.17, 15) is 63.1 Å². The van der Waals surface area contributed by atoms with Gasteiger partial charge in [-0.2, -0.15) is 43.9 Å². The van der Waals surface area contributed by atoms with Crippen LogP contribution in [0.3, 0.4) is 0 Å². The number of hydrogen-bond donors (Lipinski definition) is 0. The van der Waals surface area contributed by atoms with Crippen molar-refractivity contribution >= 4 is 23.9 Å². The van der Waals surface area contributed by atoms with E-state index in [1.54, 1.807) is 41.5 Å². The van der Waals surface area contributed by atoms with Gasteiger partial charge in [0, 0.05) is 36.8 Å². The molecular formula is C45H54F10O12. The van der Waals surface area contributed by atoms with Gasteiger partial charge in [0.15, 0.2) is 12.6 Å². The van der Waals surface area contributed by atoms with Crippen LogP contribution in [-0.4, -0.2) is 100 Å². The van der Waals surface area contributed by atoms with Crippen molar-refractivity contribution in [1.29, 1.82) is 0 Å². The summed E-state index contributed by atoms with van der Waals surface area (Å²) in [5, 5.41) is 0. The van der Waals surface area contributed by atoms with Crippen molar-refractivity contribution in [2.75, 3.05) is 39.6 Å². The molecular weight excluding hydrogens is 922 g/mol. The minimum Gasteiger partial charge on any atom is -0.465 e. The Hall–Kier alpha value is -4.54. The number of ether oxygens (including phenoxy) is 8. The van der Waals surface area contributed by atoms with E-state index >= 15 is 0 Å². The van der Waals surface area contributed by atoms with Crippen LogP contribution in [0.15, 0.2) is 24.3 Å². The monoisotopic (exact) mass is 976 g/mol. The van der Waals surface area contributed by atoms with Gasteiger partial charge in [-0.05, 0) is 59.8 Å². The van der Waals surface area contributed by atoms with Crippen LogP contribution in [0.4, 0.5) is 43.9 Å². The third-order valence-electron chi connectivity index (χ3n) is 10.7. The summed E-state index contributed by atoms with van der Waals surface area (Å²) < 4.78 is 174. The highest BCUT2D eigenvalue weighted by Gasteiger charge is 2.66. The van der Waals surface area contributed by atoms with Crippen molar-refractivity contribution in [2.45, 2.75) is 142 Å². The van der Waals surface area contributed by atoms with Gasteiger partial charge in [0.05, 0.1) is 45.1 Å². The molecule has 0 aromatic heterocycles. The van der Waals surface area contributed by atoms with Crippen LogP contribution in [0.1, 0.15) is 101 Å². The lowest BCUT2D eigenvalue weighted by Crippen LogP contribution is -2.52. The Bertz CT molecular complexity index is 1940. The lowest BCUT2D eigenvalue weighted by molar-refractivity contribution is -0.305. The van der Waals surface area contributed by atoms with Crippen LogP contribution in [-0.2, 0) is 71.3 Å². The summed E-state index contributed by atoms with van der Waals surface area (Å²) in [6, 6.07) is 5.79. The Balaban J connectivity index is 1.15. The molecule has 22 heteroatoms. The molecule has 2 aromatic carbocycles. The standard InChI is InChI=1S/C45H54F10O12/c1-25-17-27(19-29(39(3,4)5)35(25)66-37(58)42(46,47)44(50,51)52)9-11-31(56)60-15-13-33-62-21-41(22-63-33)23-64-34(65-24-41)14-16-61-32(57)12-10-28-18-26(2)36(30(20-28)40(6,7)8)67-38(59)43(48,49)45(53,54)55/h17-20,33-34H,9-16,21-24H2,1-8H3. The molecule has 0 bridgehead atoms. The lowest BCUT2D eigenvalue weighted by Gasteiger charge is -2.43. The normalized spacial score (nSPS) is 19.8. The second-order valence-corrected chi connectivity index (χ2v) is 18.6. The minimum absolute atomic E-state index is 0.0576. The molecule has 2 aliphatic heterocycles. The zero-order chi connectivity index (χ0) is 50.6. The molecule has 0 unspecified atom stereocenters. The maximum atomic E-state index is 13.6. The van der Waals surface area contributed by atoms with E-state index in [2.05, 4.69) is 9.47 Å². The summed E-state index contributed by atoms with van der Waals surface area (Å²) in [7, 11) is 0. The molecule has 0 radical (unpaired) electrons. The number of carbonyl (C=O) groups is 4. The van der Waals surface area contributed by atoms with Gasteiger partial charge in [-0.15, -0.1) is 0 Å². The number of rotatable bonds is 16. The van der Waals surface area contributed by atoms with Crippen LogP contribution < -0.4 is 9.47 Å². The first-order valence-electron chi connectivity index (χ1n) is 21.1. The zero-order valence-corrected chi connectivity index (χ0v) is 38.1. The topological polar surface area (TPSA) is 142 Å². The van der Waals surface area contributed by atoms with Crippen molar-refractivity contribution in [3.05, 3.63) is 57.6 Å². The van der Waals surface area contributed by atoms with E-state index in [1.807, 2.05) is 0 Å². The molecule has 4 rings (SSSR count). The third kappa shape index (κ3) is 14.3. The highest BCUT2D eigenvalue weighted by atomic mass is 19.4. The fourth-order valence-corrected chi connectivity index (χ4v) is 6.85. The number of aryl methyl sites for hydroxylation is 4. The van der Waals surface area contributed by atoms with Crippen molar-refractivity contribution in [1.82, 2.24) is 0 Å². The van der Waals surface area contributed by atoms with Crippen molar-refractivity contribution in [3.63, 3.8) is 0 Å². The van der Waals surface area contributed by atoms with Crippen LogP contribution in [0.2, 0.25) is 0 Å². The number of halogens is 10. The van der Waals surface area contributed by atoms with Gasteiger partial charge in [-0.1, -0.05) is 65.8 Å². The first-order chi connectivity index (χ1) is 30.7. The summed E-state index contributed by atoms with van der Waals surface area (Å²) in [5.74, 6) is -19.0. The maximum absolute atomic E-state index is 13.6. The quantitative estimate of drug-likeness (QED) is 0.0899. The number of carbonyl (C=O) groups excluding carboxylic acids is 4. The largest absolute Gasteiger partial charge is 0.465 e. The van der Waals surface area contributed by atoms with Gasteiger partial charge in [0.1, 0.15) is 11.5 Å². The van der Waals surface area contributed by atoms with Crippen molar-refractivity contribution in [2.24, 2.45) is 5.41 Å². The highest BCUT2D eigenvalue weighted by Crippen LogP contribution is 2.42. The molecule has 2 aliphatic rings. The average Bonchev–Trinajstić information content (AvgIpc) is 3.20. The molecule has 2 heterocycles. The Labute approximate surface area is 380 Å². The van der Waals surface area contributed by atoms with Crippen molar-refractivity contribution < 1.29 is 101 Å². The maximum Gasteiger partial charge on any atom is 0.465 e. The molecule has 67 heavy (non-hydrogen) atoms. The Kier molecular flexibility index (Phi) is 17.2. The number of esters is 4. The van der Waals surface area contributed by atoms with E-state index in [0.717, 1.165) is 0 Å². The fourth-order valence-electron chi connectivity index (χ4n) is 6.85. The SMILES string of the molecule is Cc1cc(CCC(=O)OCCC2OCC3(CO2)COC(CCOC(=O)CCc2cc(C)c(OC(=O)C(F)(F)C(F)(F)F)c(C(C)(C)C)c2)OC3)cc(C(C)(C)C)c1OC(=O)C(F)(F)C(F)(F)F. The van der Waals surface area contributed by atoms with E-state index in [1.165, 1.54) is 38.1 Å². The summed E-state index contributed by atoms with van der Waals surface area (Å²) in [6.07, 6.45) is -13.3. The van der Waals surface area contributed by atoms with E-state index in [0.29, 0.717) is 11.1 Å². The zero-order valence-electron chi connectivity index (χ0n) is 38.1. The summed E-state index contributed by atoms with van der Waals surface area (Å²) in [4.78, 5) is 48.9. The molecule has 376 valence electrons. The highest BCUT2D eigenvalue weighted by molar-refractivity contribution is 5.82. The summed E-state index contributed by atoms with van der Waals surface area (Å²) in [6.45, 7) is 13.3. The third-order valence-corrected chi connectivity index (χ3v) is 10.7. The molecule has 1 spiro atoms. The molecule has 0 saturated carbocycles. The summed E-state index contributed by atoms with van der Waals surface area (Å²) in [5.41, 5.74) is -0.672. The van der Waals surface area contributed by atoms with Gasteiger partial charge < -0.3 is 37.9 Å². The van der Waals surface area contributed by atoms with Crippen LogP contribution in [0, 0.1) is 19.3 Å². The van der Waals surface area contributed by atoms with Gasteiger partial charge in [0.2, 0.25) is 0 Å². The number of benzene rings is 2. The fraction of sp³-hybridized carbons (Fsp3) is 0.644. The predicted molar refractivity (Wildman–Crippen MR) is 215 cm³/mol.